The lowest BCUT2D eigenvalue weighted by molar-refractivity contribution is 0.0494. The van der Waals surface area contributed by atoms with Gasteiger partial charge < -0.3 is 5.11 Å². The van der Waals surface area contributed by atoms with Gasteiger partial charge in [0, 0.05) is 18.8 Å². The van der Waals surface area contributed by atoms with E-state index in [9.17, 15) is 5.11 Å². The first-order valence-electron chi connectivity index (χ1n) is 5.60. The predicted molar refractivity (Wildman–Crippen MR) is 59.5 cm³/mol. The highest BCUT2D eigenvalue weighted by Gasteiger charge is 2.23. The van der Waals surface area contributed by atoms with E-state index in [0.717, 1.165) is 31.6 Å². The molecule has 3 heteroatoms. The van der Waals surface area contributed by atoms with Crippen LogP contribution in [0, 0.1) is 0 Å². The molecule has 1 aliphatic rings. The summed E-state index contributed by atoms with van der Waals surface area (Å²) in [5, 5.41) is 9.61. The highest BCUT2D eigenvalue weighted by Crippen LogP contribution is 2.22. The zero-order valence-corrected chi connectivity index (χ0v) is 9.13. The molecule has 1 fully saturated rings. The number of hydrogen-bond donors (Lipinski definition) is 1. The maximum atomic E-state index is 9.61. The lowest BCUT2D eigenvalue weighted by atomic mass is 10.0. The molecule has 1 saturated heterocycles. The minimum atomic E-state index is -0.162. The summed E-state index contributed by atoms with van der Waals surface area (Å²) in [4.78, 5) is 6.66. The maximum Gasteiger partial charge on any atom is 0.0667 e. The van der Waals surface area contributed by atoms with E-state index in [1.165, 1.54) is 0 Å². The van der Waals surface area contributed by atoms with Gasteiger partial charge in [0.2, 0.25) is 0 Å². The number of rotatable bonds is 2. The Morgan fingerprint density at radius 3 is 3.07 bits per heavy atom. The summed E-state index contributed by atoms with van der Waals surface area (Å²) in [6.07, 6.45) is 3.68. The summed E-state index contributed by atoms with van der Waals surface area (Å²) in [6, 6.07) is 6.30. The Labute approximate surface area is 90.8 Å². The zero-order chi connectivity index (χ0) is 10.7. The SMILES string of the molecule is CC(c1ccccn1)N1CCC[C@@H](O)C1. The molecule has 1 aliphatic heterocycles. The van der Waals surface area contributed by atoms with Crippen LogP contribution in [-0.4, -0.2) is 34.2 Å². The van der Waals surface area contributed by atoms with Gasteiger partial charge in [0.15, 0.2) is 0 Å². The van der Waals surface area contributed by atoms with Gasteiger partial charge in [0.1, 0.15) is 0 Å². The van der Waals surface area contributed by atoms with Crippen molar-refractivity contribution in [3.8, 4) is 0 Å². The summed E-state index contributed by atoms with van der Waals surface area (Å²) >= 11 is 0. The van der Waals surface area contributed by atoms with Crippen LogP contribution in [0.3, 0.4) is 0 Å². The van der Waals surface area contributed by atoms with Crippen molar-refractivity contribution in [2.45, 2.75) is 31.9 Å². The van der Waals surface area contributed by atoms with Gasteiger partial charge in [-0.2, -0.15) is 0 Å². The van der Waals surface area contributed by atoms with Crippen molar-refractivity contribution in [3.63, 3.8) is 0 Å². The molecule has 15 heavy (non-hydrogen) atoms. The first kappa shape index (κ1) is 10.6. The molecule has 2 rings (SSSR count). The average Bonchev–Trinajstić information content (AvgIpc) is 2.29. The smallest absolute Gasteiger partial charge is 0.0667 e. The summed E-state index contributed by atoms with van der Waals surface area (Å²) < 4.78 is 0. The molecule has 0 amide bonds. The van der Waals surface area contributed by atoms with Crippen molar-refractivity contribution in [3.05, 3.63) is 30.1 Å². The molecule has 0 aliphatic carbocycles. The van der Waals surface area contributed by atoms with E-state index in [4.69, 9.17) is 0 Å². The summed E-state index contributed by atoms with van der Waals surface area (Å²) in [5.74, 6) is 0. The van der Waals surface area contributed by atoms with Crippen LogP contribution in [0.25, 0.3) is 0 Å². The Morgan fingerprint density at radius 1 is 1.53 bits per heavy atom. The molecule has 0 saturated carbocycles. The largest absolute Gasteiger partial charge is 0.392 e. The first-order valence-corrected chi connectivity index (χ1v) is 5.60. The molecule has 2 atom stereocenters. The lowest BCUT2D eigenvalue weighted by Gasteiger charge is -2.34. The Balaban J connectivity index is 2.04. The molecule has 0 aromatic carbocycles. The van der Waals surface area contributed by atoms with E-state index in [2.05, 4.69) is 16.8 Å². The third-order valence-electron chi connectivity index (χ3n) is 3.09. The standard InChI is InChI=1S/C12H18N2O/c1-10(12-6-2-3-7-13-12)14-8-4-5-11(15)9-14/h2-3,6-7,10-11,15H,4-5,8-9H2,1H3/t10?,11-/m1/s1. The van der Waals surface area contributed by atoms with Crippen molar-refractivity contribution >= 4 is 0 Å². The van der Waals surface area contributed by atoms with Crippen LogP contribution in [-0.2, 0) is 0 Å². The molecular weight excluding hydrogens is 188 g/mol. The summed E-state index contributed by atoms with van der Waals surface area (Å²) in [5.41, 5.74) is 1.09. The van der Waals surface area contributed by atoms with Gasteiger partial charge in [0.05, 0.1) is 11.8 Å². The maximum absolute atomic E-state index is 9.61. The topological polar surface area (TPSA) is 36.4 Å². The van der Waals surface area contributed by atoms with Crippen molar-refractivity contribution in [1.82, 2.24) is 9.88 Å². The Bertz CT molecular complexity index is 302. The summed E-state index contributed by atoms with van der Waals surface area (Å²) in [6.45, 7) is 3.99. The lowest BCUT2D eigenvalue weighted by Crippen LogP contribution is -2.39. The van der Waals surface area contributed by atoms with Gasteiger partial charge in [-0.05, 0) is 38.4 Å². The molecule has 1 N–H and O–H groups in total. The molecule has 0 bridgehead atoms. The third-order valence-corrected chi connectivity index (χ3v) is 3.09. The number of piperidine rings is 1. The molecule has 0 radical (unpaired) electrons. The third kappa shape index (κ3) is 2.55. The van der Waals surface area contributed by atoms with Crippen LogP contribution >= 0.6 is 0 Å². The second-order valence-corrected chi connectivity index (χ2v) is 4.22. The second kappa shape index (κ2) is 4.73. The highest BCUT2D eigenvalue weighted by atomic mass is 16.3. The van der Waals surface area contributed by atoms with E-state index in [1.807, 2.05) is 24.4 Å². The van der Waals surface area contributed by atoms with Gasteiger partial charge in [-0.3, -0.25) is 9.88 Å². The second-order valence-electron chi connectivity index (χ2n) is 4.22. The van der Waals surface area contributed by atoms with Crippen LogP contribution in [0.4, 0.5) is 0 Å². The van der Waals surface area contributed by atoms with Crippen molar-refractivity contribution in [2.24, 2.45) is 0 Å². The minimum Gasteiger partial charge on any atom is -0.392 e. The van der Waals surface area contributed by atoms with Crippen LogP contribution in [0.1, 0.15) is 31.5 Å². The van der Waals surface area contributed by atoms with E-state index in [0.29, 0.717) is 6.04 Å². The van der Waals surface area contributed by atoms with Crippen LogP contribution in [0.5, 0.6) is 0 Å². The van der Waals surface area contributed by atoms with E-state index in [-0.39, 0.29) is 6.10 Å². The number of hydrogen-bond acceptors (Lipinski definition) is 3. The van der Waals surface area contributed by atoms with Crippen molar-refractivity contribution in [2.75, 3.05) is 13.1 Å². The first-order chi connectivity index (χ1) is 7.27. The number of pyridine rings is 1. The van der Waals surface area contributed by atoms with Gasteiger partial charge in [-0.15, -0.1) is 0 Å². The number of aliphatic hydroxyl groups is 1. The Morgan fingerprint density at radius 2 is 2.40 bits per heavy atom. The molecule has 1 unspecified atom stereocenters. The Kier molecular flexibility index (Phi) is 3.34. The van der Waals surface area contributed by atoms with Crippen LogP contribution in [0.2, 0.25) is 0 Å². The van der Waals surface area contributed by atoms with Crippen molar-refractivity contribution in [1.29, 1.82) is 0 Å². The molecule has 3 nitrogen and oxygen atoms in total. The van der Waals surface area contributed by atoms with E-state index in [1.54, 1.807) is 0 Å². The monoisotopic (exact) mass is 206 g/mol. The number of β-amino-alcohol motifs (C(OH)–C–C–N with tert-alkyl or cyclic N) is 1. The van der Waals surface area contributed by atoms with E-state index < -0.39 is 0 Å². The normalized spacial score (nSPS) is 25.1. The number of likely N-dealkylation sites (tertiary alicyclic amines) is 1. The van der Waals surface area contributed by atoms with Gasteiger partial charge in [-0.1, -0.05) is 6.07 Å². The van der Waals surface area contributed by atoms with Gasteiger partial charge >= 0.3 is 0 Å². The molecule has 1 aromatic rings. The minimum absolute atomic E-state index is 0.162. The zero-order valence-electron chi connectivity index (χ0n) is 9.13. The van der Waals surface area contributed by atoms with Crippen LogP contribution in [0.15, 0.2) is 24.4 Å². The quantitative estimate of drug-likeness (QED) is 0.798. The fourth-order valence-electron chi connectivity index (χ4n) is 2.15. The number of aliphatic hydroxyl groups excluding tert-OH is 1. The van der Waals surface area contributed by atoms with Gasteiger partial charge in [-0.25, -0.2) is 0 Å². The van der Waals surface area contributed by atoms with E-state index >= 15 is 0 Å². The number of nitrogens with zero attached hydrogens (tertiary/aromatic N) is 2. The predicted octanol–water partition coefficient (Wildman–Crippen LogP) is 1.60. The summed E-state index contributed by atoms with van der Waals surface area (Å²) in [7, 11) is 0. The fraction of sp³-hybridized carbons (Fsp3) is 0.583. The molecule has 82 valence electrons. The average molecular weight is 206 g/mol. The van der Waals surface area contributed by atoms with Gasteiger partial charge in [0.25, 0.3) is 0 Å². The molecular formula is C12H18N2O. The fourth-order valence-corrected chi connectivity index (χ4v) is 2.15. The molecule has 0 spiro atoms. The molecule has 2 heterocycles. The molecule has 1 aromatic heterocycles. The van der Waals surface area contributed by atoms with Crippen molar-refractivity contribution < 1.29 is 5.11 Å². The number of aromatic nitrogens is 1. The van der Waals surface area contributed by atoms with Crippen LogP contribution < -0.4 is 0 Å². The Hall–Kier alpha value is -0.930. The highest BCUT2D eigenvalue weighted by molar-refractivity contribution is 5.08.